The van der Waals surface area contributed by atoms with Gasteiger partial charge in [-0.25, -0.2) is 0 Å². The number of aryl methyl sites for hydroxylation is 1. The van der Waals surface area contributed by atoms with Crippen LogP contribution in [0.4, 0.5) is 34.1 Å². The summed E-state index contributed by atoms with van der Waals surface area (Å²) in [7, 11) is 0. The first-order valence-corrected chi connectivity index (χ1v) is 30.3. The highest BCUT2D eigenvalue weighted by Gasteiger charge is 2.47. The number of rotatable bonds is 2. The van der Waals surface area contributed by atoms with Crippen molar-refractivity contribution in [3.8, 4) is 11.4 Å². The molecule has 0 bridgehead atoms. The zero-order valence-electron chi connectivity index (χ0n) is 50.2. The normalized spacial score (nSPS) is 14.3. The molecule has 0 amide bonds. The Morgan fingerprint density at radius 3 is 1.46 bits per heavy atom. The van der Waals surface area contributed by atoms with Gasteiger partial charge < -0.3 is 18.9 Å². The predicted octanol–water partition coefficient (Wildman–Crippen LogP) is 19.4. The molecule has 0 spiro atoms. The predicted molar refractivity (Wildman–Crippen MR) is 354 cm³/mol. The molecule has 12 aromatic rings. The zero-order valence-corrected chi connectivity index (χ0v) is 51.0. The zero-order chi connectivity index (χ0) is 56.5. The number of hydrogen-bond donors (Lipinski definition) is 0. The van der Waals surface area contributed by atoms with E-state index in [0.717, 1.165) is 5.69 Å². The lowest BCUT2D eigenvalue weighted by molar-refractivity contribution is 0.590. The number of fused-ring (bicyclic) bond motifs is 15. The van der Waals surface area contributed by atoms with Gasteiger partial charge in [0.05, 0.1) is 39.1 Å². The second-order valence-electron chi connectivity index (χ2n) is 29.3. The number of anilines is 6. The van der Waals surface area contributed by atoms with Gasteiger partial charge in [-0.2, -0.15) is 0 Å². The molecular weight excluding hydrogens is 1000 g/mol. The molecule has 6 heteroatoms. The lowest BCUT2D eigenvalue weighted by atomic mass is 9.33. The van der Waals surface area contributed by atoms with Gasteiger partial charge in [0, 0.05) is 70.2 Å². The molecular formula is C75H73BN4S. The average molecular weight is 1070 g/mol. The molecule has 4 nitrogen and oxygen atoms in total. The largest absolute Gasteiger partial charge is 0.311 e. The number of aromatic nitrogens is 2. The van der Waals surface area contributed by atoms with Crippen LogP contribution in [0.15, 0.2) is 152 Å². The first kappa shape index (κ1) is 50.4. The van der Waals surface area contributed by atoms with Gasteiger partial charge in [-0.15, -0.1) is 11.3 Å². The minimum absolute atomic E-state index is 0.00207. The number of hydrogen-bond acceptors (Lipinski definition) is 3. The van der Waals surface area contributed by atoms with Crippen molar-refractivity contribution in [1.82, 2.24) is 9.13 Å². The maximum absolute atomic E-state index is 2.71. The Balaban J connectivity index is 1.07. The Kier molecular flexibility index (Phi) is 10.2. The fourth-order valence-corrected chi connectivity index (χ4v) is 15.1. The maximum atomic E-state index is 2.71. The molecule has 0 radical (unpaired) electrons. The fraction of sp³-hybridized carbons (Fsp3) is 0.280. The van der Waals surface area contributed by atoms with Crippen molar-refractivity contribution in [2.75, 3.05) is 9.80 Å². The highest BCUT2D eigenvalue weighted by Crippen LogP contribution is 2.55. The highest BCUT2D eigenvalue weighted by molar-refractivity contribution is 7.25. The summed E-state index contributed by atoms with van der Waals surface area (Å²) in [6.07, 6.45) is 0. The number of nitrogens with zero attached hydrogens (tertiary/aromatic N) is 4. The van der Waals surface area contributed by atoms with Crippen LogP contribution in [0.3, 0.4) is 0 Å². The quantitative estimate of drug-likeness (QED) is 0.160. The van der Waals surface area contributed by atoms with E-state index in [4.69, 9.17) is 0 Å². The van der Waals surface area contributed by atoms with E-state index in [0.29, 0.717) is 0 Å². The van der Waals surface area contributed by atoms with Crippen LogP contribution in [0.25, 0.3) is 75.2 Å². The second kappa shape index (κ2) is 16.3. The third-order valence-corrected chi connectivity index (χ3v) is 19.7. The van der Waals surface area contributed by atoms with Gasteiger partial charge in [0.15, 0.2) is 0 Å². The van der Waals surface area contributed by atoms with Crippen LogP contribution in [0.2, 0.25) is 0 Å². The second-order valence-corrected chi connectivity index (χ2v) is 30.4. The Morgan fingerprint density at radius 2 is 0.852 bits per heavy atom. The first-order valence-electron chi connectivity index (χ1n) is 29.4. The third kappa shape index (κ3) is 7.27. The van der Waals surface area contributed by atoms with Crippen molar-refractivity contribution in [2.24, 2.45) is 0 Å². The average Bonchev–Trinajstić information content (AvgIpc) is 3.53. The van der Waals surface area contributed by atoms with E-state index in [2.05, 4.69) is 281 Å². The molecule has 6 heterocycles. The smallest absolute Gasteiger partial charge is 0.252 e. The van der Waals surface area contributed by atoms with Crippen molar-refractivity contribution >= 4 is 132 Å². The van der Waals surface area contributed by atoms with E-state index in [1.54, 1.807) is 0 Å². The summed E-state index contributed by atoms with van der Waals surface area (Å²) >= 11 is 1.89. The van der Waals surface area contributed by atoms with Crippen molar-refractivity contribution in [3.63, 3.8) is 0 Å². The lowest BCUT2D eigenvalue weighted by Crippen LogP contribution is -2.62. The molecule has 15 rings (SSSR count). The molecule has 0 unspecified atom stereocenters. The molecule has 0 aliphatic carbocycles. The Bertz CT molecular complexity index is 4680. The molecule has 3 aliphatic rings. The standard InChI is InChI=1S/C75H73BN4S/c1-42-31-62-68-63(32-42)80-64-38-46(74(11,12)13)36-55-53-35-45(73(8,9)10)23-29-60(53)79(69(55)64)65-39-47(75(14,15)16)37-57(70(65)80)76(68)56-26-24-49(41-61(56)78(62)48-25-30-67-54(40-48)50-19-17-18-20-66(50)81-67)77-58-27-21-43(71(2,3)4)33-51(58)52-34-44(72(5,6)7)22-28-59(52)77/h17-41H,1-16H3. The topological polar surface area (TPSA) is 16.3 Å². The highest BCUT2D eigenvalue weighted by atomic mass is 32.1. The van der Waals surface area contributed by atoms with Crippen LogP contribution in [0, 0.1) is 6.92 Å². The van der Waals surface area contributed by atoms with E-state index in [1.807, 2.05) is 11.3 Å². The summed E-state index contributed by atoms with van der Waals surface area (Å²) in [5.74, 6) is 0. The van der Waals surface area contributed by atoms with E-state index < -0.39 is 0 Å². The molecule has 3 aromatic heterocycles. The molecule has 9 aromatic carbocycles. The van der Waals surface area contributed by atoms with Crippen molar-refractivity contribution in [3.05, 3.63) is 185 Å². The van der Waals surface area contributed by atoms with Gasteiger partial charge in [-0.3, -0.25) is 0 Å². The fourth-order valence-electron chi connectivity index (χ4n) is 14.0. The molecule has 402 valence electrons. The Labute approximate surface area is 482 Å². The van der Waals surface area contributed by atoms with Crippen LogP contribution in [0.5, 0.6) is 0 Å². The van der Waals surface area contributed by atoms with E-state index in [-0.39, 0.29) is 33.8 Å². The van der Waals surface area contributed by atoms with Gasteiger partial charge in [0.2, 0.25) is 0 Å². The monoisotopic (exact) mass is 1070 g/mol. The van der Waals surface area contributed by atoms with E-state index in [1.165, 1.54) is 153 Å². The third-order valence-electron chi connectivity index (χ3n) is 18.6. The summed E-state index contributed by atoms with van der Waals surface area (Å²) in [4.78, 5) is 5.36. The van der Waals surface area contributed by atoms with Gasteiger partial charge >= 0.3 is 0 Å². The van der Waals surface area contributed by atoms with Gasteiger partial charge in [-0.05, 0) is 187 Å². The van der Waals surface area contributed by atoms with Crippen molar-refractivity contribution in [1.29, 1.82) is 0 Å². The van der Waals surface area contributed by atoms with Gasteiger partial charge in [0.1, 0.15) is 0 Å². The Morgan fingerprint density at radius 1 is 0.346 bits per heavy atom. The van der Waals surface area contributed by atoms with Crippen LogP contribution in [-0.2, 0) is 27.1 Å². The summed E-state index contributed by atoms with van der Waals surface area (Å²) in [6, 6.07) is 60.6. The van der Waals surface area contributed by atoms with E-state index >= 15 is 0 Å². The molecule has 0 atom stereocenters. The first-order chi connectivity index (χ1) is 38.2. The SMILES string of the molecule is Cc1cc2c3c(c1)N1c4c(cc(C(C)(C)C)cc4-n4c5ccc(C(C)(C)C)cc5c5cc(C(C)(C)C)cc1c54)B3c1ccc(-n3c4ccc(C(C)(C)C)cc4c4cc(C(C)(C)C)ccc43)cc1N2c1ccc2sc3ccccc3c2c1. The molecule has 0 saturated carbocycles. The number of thiophene rings is 1. The summed E-state index contributed by atoms with van der Waals surface area (Å²) in [6.45, 7) is 37.6. The lowest BCUT2D eigenvalue weighted by Gasteiger charge is -2.47. The summed E-state index contributed by atoms with van der Waals surface area (Å²) in [5, 5.41) is 7.84. The van der Waals surface area contributed by atoms with Gasteiger partial charge in [0.25, 0.3) is 6.71 Å². The van der Waals surface area contributed by atoms with Crippen LogP contribution in [0.1, 0.15) is 137 Å². The van der Waals surface area contributed by atoms with Crippen molar-refractivity contribution in [2.45, 2.75) is 138 Å². The summed E-state index contributed by atoms with van der Waals surface area (Å²) in [5.41, 5.74) is 26.6. The Hall–Kier alpha value is -7.54. The number of benzene rings is 9. The summed E-state index contributed by atoms with van der Waals surface area (Å²) < 4.78 is 7.83. The molecule has 0 saturated heterocycles. The van der Waals surface area contributed by atoms with Gasteiger partial charge in [-0.1, -0.05) is 152 Å². The maximum Gasteiger partial charge on any atom is 0.252 e. The minimum Gasteiger partial charge on any atom is -0.311 e. The molecule has 0 fully saturated rings. The molecule has 81 heavy (non-hydrogen) atoms. The molecule has 3 aliphatic heterocycles. The van der Waals surface area contributed by atoms with E-state index in [9.17, 15) is 0 Å². The molecule has 0 N–H and O–H groups in total. The van der Waals surface area contributed by atoms with Crippen LogP contribution < -0.4 is 26.2 Å². The van der Waals surface area contributed by atoms with Crippen molar-refractivity contribution < 1.29 is 0 Å². The van der Waals surface area contributed by atoms with Crippen LogP contribution in [-0.4, -0.2) is 15.8 Å². The van der Waals surface area contributed by atoms with Crippen LogP contribution >= 0.6 is 11.3 Å². The minimum atomic E-state index is -0.132.